The van der Waals surface area contributed by atoms with E-state index in [1.807, 2.05) is 117 Å². The number of hydrogen-bond acceptors (Lipinski definition) is 2. The summed E-state index contributed by atoms with van der Waals surface area (Å²) in [6.07, 6.45) is 0. The first-order chi connectivity index (χ1) is 26.2. The van der Waals surface area contributed by atoms with E-state index in [-0.39, 0.29) is 11.8 Å². The van der Waals surface area contributed by atoms with E-state index in [2.05, 4.69) is 73.5 Å². The number of imide groups is 1. The Kier molecular flexibility index (Phi) is 8.88. The van der Waals surface area contributed by atoms with Crippen molar-refractivity contribution in [1.29, 1.82) is 0 Å². The van der Waals surface area contributed by atoms with Crippen LogP contribution in [-0.2, 0) is 0 Å². The summed E-state index contributed by atoms with van der Waals surface area (Å²) in [6, 6.07) is 52.9. The molecule has 0 N–H and O–H groups in total. The fraction of sp³-hybridized carbons (Fsp3) is 0.0800. The molecule has 0 spiro atoms. The number of nitrogens with zero attached hydrogens (tertiary/aromatic N) is 2. The van der Waals surface area contributed by atoms with Crippen molar-refractivity contribution < 1.29 is 9.59 Å². The van der Waals surface area contributed by atoms with E-state index in [4.69, 9.17) is 0 Å². The minimum Gasteiger partial charge on any atom is -0.308 e. The fourth-order valence-corrected chi connectivity index (χ4v) is 7.70. The molecule has 4 nitrogen and oxygen atoms in total. The highest BCUT2D eigenvalue weighted by Crippen LogP contribution is 2.45. The summed E-state index contributed by atoms with van der Waals surface area (Å²) in [7, 11) is 0. The minimum atomic E-state index is -0.334. The molecule has 4 heteroatoms. The number of aromatic nitrogens is 1. The zero-order chi connectivity index (χ0) is 37.5. The van der Waals surface area contributed by atoms with Crippen LogP contribution in [0.2, 0.25) is 0 Å². The van der Waals surface area contributed by atoms with Crippen molar-refractivity contribution in [2.24, 2.45) is 0 Å². The van der Waals surface area contributed by atoms with Crippen molar-refractivity contribution in [2.75, 3.05) is 4.90 Å². The zero-order valence-corrected chi connectivity index (χ0v) is 30.9. The van der Waals surface area contributed by atoms with Crippen LogP contribution >= 0.6 is 0 Å². The van der Waals surface area contributed by atoms with E-state index in [1.165, 1.54) is 27.2 Å². The molecule has 8 aromatic rings. The topological polar surface area (TPSA) is 42.3 Å². The van der Waals surface area contributed by atoms with Crippen molar-refractivity contribution in [2.45, 2.75) is 27.7 Å². The van der Waals surface area contributed by atoms with Crippen molar-refractivity contribution in [3.8, 4) is 39.1 Å². The Morgan fingerprint density at radius 1 is 0.481 bits per heavy atom. The summed E-state index contributed by atoms with van der Waals surface area (Å²) in [5, 5.41) is 2.17. The molecule has 0 fully saturated rings. The summed E-state index contributed by atoms with van der Waals surface area (Å²) >= 11 is 0. The van der Waals surface area contributed by atoms with Crippen molar-refractivity contribution in [3.63, 3.8) is 0 Å². The number of carbonyl (C=O) groups excluding carboxylic acids is 2. The fourth-order valence-electron chi connectivity index (χ4n) is 7.70. The molecule has 7 aromatic carbocycles. The third-order valence-electron chi connectivity index (χ3n) is 9.79. The first-order valence-electron chi connectivity index (χ1n) is 18.2. The SMILES string of the molecule is C=C(C)C.Cc1cc(C)cc(-c2ccc3c(c2)c2ccccc2n3-c2cccc3c2C(=O)N(c2c(-c4ccccc4)cccc2-c2ccccc2)C3=O)c1. The van der Waals surface area contributed by atoms with Gasteiger partial charge in [-0.3, -0.25) is 9.59 Å². The molecule has 0 aliphatic carbocycles. The van der Waals surface area contributed by atoms with Gasteiger partial charge in [-0.1, -0.05) is 144 Å². The number of aryl methyl sites for hydroxylation is 2. The summed E-state index contributed by atoms with van der Waals surface area (Å²) in [6.45, 7) is 11.7. The summed E-state index contributed by atoms with van der Waals surface area (Å²) < 4.78 is 2.14. The Labute approximate surface area is 316 Å². The highest BCUT2D eigenvalue weighted by molar-refractivity contribution is 6.37. The molecule has 0 unspecified atom stereocenters. The van der Waals surface area contributed by atoms with Gasteiger partial charge < -0.3 is 4.57 Å². The van der Waals surface area contributed by atoms with Gasteiger partial charge in [-0.05, 0) is 80.3 Å². The number of anilines is 1. The average molecular weight is 701 g/mol. The molecule has 0 radical (unpaired) electrons. The van der Waals surface area contributed by atoms with Gasteiger partial charge in [0.2, 0.25) is 0 Å². The molecular weight excluding hydrogens is 661 g/mol. The molecule has 262 valence electrons. The van der Waals surface area contributed by atoms with Crippen molar-refractivity contribution in [1.82, 2.24) is 4.57 Å². The molecule has 1 aliphatic rings. The van der Waals surface area contributed by atoms with Gasteiger partial charge in [-0.25, -0.2) is 4.90 Å². The lowest BCUT2D eigenvalue weighted by Crippen LogP contribution is -2.30. The summed E-state index contributed by atoms with van der Waals surface area (Å²) in [5.74, 6) is -0.663. The van der Waals surface area contributed by atoms with Crippen LogP contribution in [0.1, 0.15) is 45.7 Å². The maximum atomic E-state index is 15.0. The molecule has 0 atom stereocenters. The summed E-state index contributed by atoms with van der Waals surface area (Å²) in [4.78, 5) is 30.9. The van der Waals surface area contributed by atoms with Gasteiger partial charge in [0.1, 0.15) is 0 Å². The van der Waals surface area contributed by atoms with Crippen molar-refractivity contribution >= 4 is 39.3 Å². The monoisotopic (exact) mass is 700 g/mol. The van der Waals surface area contributed by atoms with E-state index in [0.29, 0.717) is 22.5 Å². The number of allylic oxidation sites excluding steroid dienone is 1. The van der Waals surface area contributed by atoms with E-state index < -0.39 is 0 Å². The van der Waals surface area contributed by atoms with Crippen LogP contribution < -0.4 is 4.90 Å². The van der Waals surface area contributed by atoms with Gasteiger partial charge >= 0.3 is 0 Å². The van der Waals surface area contributed by atoms with Crippen LogP contribution in [-0.4, -0.2) is 16.4 Å². The Balaban J connectivity index is 0.000000987. The maximum absolute atomic E-state index is 15.0. The highest BCUT2D eigenvalue weighted by Gasteiger charge is 2.41. The zero-order valence-electron chi connectivity index (χ0n) is 30.9. The molecule has 54 heavy (non-hydrogen) atoms. The largest absolute Gasteiger partial charge is 0.308 e. The Morgan fingerprint density at radius 3 is 1.65 bits per heavy atom. The summed E-state index contributed by atoms with van der Waals surface area (Å²) in [5.41, 5.74) is 13.4. The quantitative estimate of drug-likeness (QED) is 0.132. The molecule has 1 aliphatic heterocycles. The van der Waals surface area contributed by atoms with Gasteiger partial charge in [0.15, 0.2) is 0 Å². The van der Waals surface area contributed by atoms with Crippen LogP contribution in [0.25, 0.3) is 60.9 Å². The van der Waals surface area contributed by atoms with E-state index in [9.17, 15) is 9.59 Å². The molecular formula is C50H40N2O2. The second kappa shape index (κ2) is 14.0. The van der Waals surface area contributed by atoms with E-state index in [0.717, 1.165) is 49.6 Å². The number of para-hydroxylation sites is 2. The lowest BCUT2D eigenvalue weighted by Gasteiger charge is -2.23. The van der Waals surface area contributed by atoms with Crippen LogP contribution in [0.15, 0.2) is 170 Å². The molecule has 0 saturated heterocycles. The van der Waals surface area contributed by atoms with Crippen LogP contribution in [0.3, 0.4) is 0 Å². The van der Waals surface area contributed by atoms with Crippen LogP contribution in [0.4, 0.5) is 5.69 Å². The second-order valence-corrected chi connectivity index (χ2v) is 14.2. The van der Waals surface area contributed by atoms with Gasteiger partial charge in [0, 0.05) is 21.9 Å². The average Bonchev–Trinajstić information content (AvgIpc) is 3.64. The van der Waals surface area contributed by atoms with Crippen LogP contribution in [0.5, 0.6) is 0 Å². The number of benzene rings is 7. The number of rotatable bonds is 5. The van der Waals surface area contributed by atoms with E-state index in [1.54, 1.807) is 6.07 Å². The number of hydrogen-bond donors (Lipinski definition) is 0. The lowest BCUT2D eigenvalue weighted by molar-refractivity contribution is 0.0926. The predicted octanol–water partition coefficient (Wildman–Crippen LogP) is 12.8. The molecule has 2 amide bonds. The highest BCUT2D eigenvalue weighted by atomic mass is 16.2. The lowest BCUT2D eigenvalue weighted by atomic mass is 9.95. The number of amides is 2. The molecule has 2 heterocycles. The molecule has 9 rings (SSSR count). The maximum Gasteiger partial charge on any atom is 0.268 e. The van der Waals surface area contributed by atoms with Gasteiger partial charge in [0.25, 0.3) is 11.8 Å². The van der Waals surface area contributed by atoms with Gasteiger partial charge in [0.05, 0.1) is 33.5 Å². The Hall–Kier alpha value is -6.78. The molecule has 1 aromatic heterocycles. The number of carbonyl (C=O) groups is 2. The standard InChI is InChI=1S/C46H32N2O2.C4H8/c1-29-25-30(2)27-34(26-29)33-23-24-41-39(28-33)37-17-9-10-21-40(37)47(41)42-22-12-20-38-43(42)46(50)48(45(38)49)44-35(31-13-5-3-6-14-31)18-11-19-36(44)32-15-7-4-8-16-32;1-4(2)3/h3-28H,1-2H3;1H2,2-3H3. The smallest absolute Gasteiger partial charge is 0.268 e. The predicted molar refractivity (Wildman–Crippen MR) is 225 cm³/mol. The van der Waals surface area contributed by atoms with Crippen LogP contribution in [0, 0.1) is 13.8 Å². The van der Waals surface area contributed by atoms with Gasteiger partial charge in [-0.2, -0.15) is 0 Å². The van der Waals surface area contributed by atoms with Crippen molar-refractivity contribution in [3.05, 3.63) is 192 Å². The Bertz CT molecular complexity index is 2670. The third kappa shape index (κ3) is 6.02. The van der Waals surface area contributed by atoms with E-state index >= 15 is 0 Å². The third-order valence-corrected chi connectivity index (χ3v) is 9.79. The van der Waals surface area contributed by atoms with Gasteiger partial charge in [-0.15, -0.1) is 6.58 Å². The first kappa shape index (κ1) is 34.3. The first-order valence-corrected chi connectivity index (χ1v) is 18.2. The molecule has 0 bridgehead atoms. The number of fused-ring (bicyclic) bond motifs is 4. The molecule has 0 saturated carbocycles. The Morgan fingerprint density at radius 2 is 1.02 bits per heavy atom. The normalized spacial score (nSPS) is 12.2. The second-order valence-electron chi connectivity index (χ2n) is 14.2. The minimum absolute atomic E-state index is 0.328.